The lowest BCUT2D eigenvalue weighted by atomic mass is 9.93. The first kappa shape index (κ1) is 12.4. The minimum atomic E-state index is 0.776. The van der Waals surface area contributed by atoms with Crippen LogP contribution in [-0.4, -0.2) is 36.6 Å². The maximum atomic E-state index is 3.70. The van der Waals surface area contributed by atoms with E-state index in [9.17, 15) is 0 Å². The summed E-state index contributed by atoms with van der Waals surface area (Å²) in [5, 5.41) is 3.70. The molecule has 2 nitrogen and oxygen atoms in total. The molecule has 1 aliphatic carbocycles. The molecule has 0 aromatic heterocycles. The monoisotopic (exact) mass is 224 g/mol. The van der Waals surface area contributed by atoms with E-state index in [-0.39, 0.29) is 0 Å². The van der Waals surface area contributed by atoms with E-state index in [1.807, 2.05) is 0 Å². The zero-order chi connectivity index (χ0) is 11.5. The summed E-state index contributed by atoms with van der Waals surface area (Å²) in [6, 6.07) is 1.57. The molecule has 2 heteroatoms. The van der Waals surface area contributed by atoms with Crippen LogP contribution in [0.2, 0.25) is 0 Å². The SMILES string of the molecule is CCC(CC)C(C)N1CCNC(C2CC2)C1. The number of hydrogen-bond acceptors (Lipinski definition) is 2. The largest absolute Gasteiger partial charge is 0.311 e. The fourth-order valence-corrected chi connectivity index (χ4v) is 3.26. The van der Waals surface area contributed by atoms with Crippen LogP contribution in [0, 0.1) is 11.8 Å². The second-order valence-electron chi connectivity index (χ2n) is 5.71. The topological polar surface area (TPSA) is 15.3 Å². The average Bonchev–Trinajstić information content (AvgIpc) is 3.14. The molecule has 16 heavy (non-hydrogen) atoms. The van der Waals surface area contributed by atoms with Crippen LogP contribution in [-0.2, 0) is 0 Å². The third kappa shape index (κ3) is 2.78. The zero-order valence-electron chi connectivity index (χ0n) is 11.2. The molecule has 94 valence electrons. The Morgan fingerprint density at radius 1 is 1.25 bits per heavy atom. The van der Waals surface area contributed by atoms with E-state index in [0.29, 0.717) is 0 Å². The molecule has 0 radical (unpaired) electrons. The molecule has 2 atom stereocenters. The van der Waals surface area contributed by atoms with Crippen LogP contribution in [0.15, 0.2) is 0 Å². The van der Waals surface area contributed by atoms with Gasteiger partial charge in [0.1, 0.15) is 0 Å². The van der Waals surface area contributed by atoms with Crippen LogP contribution in [0.3, 0.4) is 0 Å². The lowest BCUT2D eigenvalue weighted by molar-refractivity contribution is 0.104. The molecule has 0 amide bonds. The molecular weight excluding hydrogens is 196 g/mol. The number of nitrogens with zero attached hydrogens (tertiary/aromatic N) is 1. The van der Waals surface area contributed by atoms with Gasteiger partial charge >= 0.3 is 0 Å². The molecule has 0 spiro atoms. The van der Waals surface area contributed by atoms with E-state index in [0.717, 1.165) is 23.9 Å². The minimum Gasteiger partial charge on any atom is -0.311 e. The van der Waals surface area contributed by atoms with E-state index in [1.165, 1.54) is 45.3 Å². The van der Waals surface area contributed by atoms with Gasteiger partial charge in [-0.05, 0) is 31.6 Å². The summed E-state index contributed by atoms with van der Waals surface area (Å²) < 4.78 is 0. The summed E-state index contributed by atoms with van der Waals surface area (Å²) in [4.78, 5) is 2.73. The summed E-state index contributed by atoms with van der Waals surface area (Å²) in [6.07, 6.45) is 5.58. The van der Waals surface area contributed by atoms with Crippen LogP contribution >= 0.6 is 0 Å². The van der Waals surface area contributed by atoms with Gasteiger partial charge in [-0.1, -0.05) is 26.7 Å². The first-order valence-electron chi connectivity index (χ1n) is 7.23. The standard InChI is InChI=1S/C14H28N2/c1-4-12(5-2)11(3)16-9-8-15-14(10-16)13-6-7-13/h11-15H,4-10H2,1-3H3. The quantitative estimate of drug-likeness (QED) is 0.772. The molecule has 2 aliphatic rings. The van der Waals surface area contributed by atoms with Gasteiger partial charge in [0.05, 0.1) is 0 Å². The van der Waals surface area contributed by atoms with Crippen LogP contribution in [0.4, 0.5) is 0 Å². The Kier molecular flexibility index (Phi) is 4.26. The molecule has 0 aromatic carbocycles. The summed E-state index contributed by atoms with van der Waals surface area (Å²) in [6.45, 7) is 10.9. The predicted molar refractivity (Wildman–Crippen MR) is 69.6 cm³/mol. The van der Waals surface area contributed by atoms with Gasteiger partial charge in [0.25, 0.3) is 0 Å². The minimum absolute atomic E-state index is 0.776. The van der Waals surface area contributed by atoms with E-state index >= 15 is 0 Å². The van der Waals surface area contributed by atoms with Gasteiger partial charge in [0.15, 0.2) is 0 Å². The molecule has 2 fully saturated rings. The second-order valence-corrected chi connectivity index (χ2v) is 5.71. The fourth-order valence-electron chi connectivity index (χ4n) is 3.26. The lowest BCUT2D eigenvalue weighted by Crippen LogP contribution is -2.55. The van der Waals surface area contributed by atoms with Gasteiger partial charge in [-0.2, -0.15) is 0 Å². The van der Waals surface area contributed by atoms with Crippen LogP contribution < -0.4 is 5.32 Å². The van der Waals surface area contributed by atoms with Crippen molar-refractivity contribution in [3.8, 4) is 0 Å². The van der Waals surface area contributed by atoms with Crippen LogP contribution in [0.1, 0.15) is 46.5 Å². The maximum Gasteiger partial charge on any atom is 0.0223 e. The normalized spacial score (nSPS) is 29.6. The number of rotatable bonds is 5. The molecule has 1 N–H and O–H groups in total. The fraction of sp³-hybridized carbons (Fsp3) is 1.00. The van der Waals surface area contributed by atoms with E-state index in [2.05, 4.69) is 31.0 Å². The van der Waals surface area contributed by atoms with Crippen molar-refractivity contribution in [1.82, 2.24) is 10.2 Å². The van der Waals surface area contributed by atoms with Crippen molar-refractivity contribution in [1.29, 1.82) is 0 Å². The summed E-state index contributed by atoms with van der Waals surface area (Å²) in [5.74, 6) is 1.88. The van der Waals surface area contributed by atoms with Gasteiger partial charge in [0, 0.05) is 31.7 Å². The van der Waals surface area contributed by atoms with Crippen LogP contribution in [0.25, 0.3) is 0 Å². The van der Waals surface area contributed by atoms with E-state index in [1.54, 1.807) is 0 Å². The van der Waals surface area contributed by atoms with Crippen molar-refractivity contribution in [2.24, 2.45) is 11.8 Å². The van der Waals surface area contributed by atoms with Gasteiger partial charge in [-0.15, -0.1) is 0 Å². The molecule has 0 aromatic rings. The summed E-state index contributed by atoms with van der Waals surface area (Å²) >= 11 is 0. The molecule has 2 rings (SSSR count). The number of piperazine rings is 1. The van der Waals surface area contributed by atoms with Crippen molar-refractivity contribution in [2.75, 3.05) is 19.6 Å². The van der Waals surface area contributed by atoms with Crippen molar-refractivity contribution in [3.63, 3.8) is 0 Å². The van der Waals surface area contributed by atoms with Gasteiger partial charge < -0.3 is 5.32 Å². The smallest absolute Gasteiger partial charge is 0.0223 e. The van der Waals surface area contributed by atoms with Gasteiger partial charge in [-0.3, -0.25) is 4.90 Å². The Labute approximate surface area is 101 Å². The molecule has 2 unspecified atom stereocenters. The predicted octanol–water partition coefficient (Wildman–Crippen LogP) is 2.49. The molecular formula is C14H28N2. The Bertz CT molecular complexity index is 209. The van der Waals surface area contributed by atoms with Gasteiger partial charge in [-0.25, -0.2) is 0 Å². The Morgan fingerprint density at radius 2 is 1.94 bits per heavy atom. The third-order valence-electron chi connectivity index (χ3n) is 4.73. The highest BCUT2D eigenvalue weighted by Crippen LogP contribution is 2.34. The Morgan fingerprint density at radius 3 is 2.50 bits per heavy atom. The molecule has 1 aliphatic heterocycles. The van der Waals surface area contributed by atoms with Gasteiger partial charge in [0.2, 0.25) is 0 Å². The Balaban J connectivity index is 1.87. The third-order valence-corrected chi connectivity index (χ3v) is 4.73. The van der Waals surface area contributed by atoms with Crippen molar-refractivity contribution >= 4 is 0 Å². The zero-order valence-corrected chi connectivity index (χ0v) is 11.2. The maximum absolute atomic E-state index is 3.70. The lowest BCUT2D eigenvalue weighted by Gasteiger charge is -2.40. The highest BCUT2D eigenvalue weighted by atomic mass is 15.2. The highest BCUT2D eigenvalue weighted by Gasteiger charge is 2.35. The molecule has 1 heterocycles. The van der Waals surface area contributed by atoms with Crippen molar-refractivity contribution in [3.05, 3.63) is 0 Å². The first-order chi connectivity index (χ1) is 7.76. The number of nitrogens with one attached hydrogen (secondary N) is 1. The van der Waals surface area contributed by atoms with Crippen molar-refractivity contribution < 1.29 is 0 Å². The van der Waals surface area contributed by atoms with E-state index < -0.39 is 0 Å². The Hall–Kier alpha value is -0.0800. The summed E-state index contributed by atoms with van der Waals surface area (Å²) in [5.41, 5.74) is 0. The first-order valence-corrected chi connectivity index (χ1v) is 7.23. The second kappa shape index (κ2) is 5.50. The summed E-state index contributed by atoms with van der Waals surface area (Å²) in [7, 11) is 0. The van der Waals surface area contributed by atoms with Crippen molar-refractivity contribution in [2.45, 2.75) is 58.5 Å². The number of hydrogen-bond donors (Lipinski definition) is 1. The van der Waals surface area contributed by atoms with E-state index in [4.69, 9.17) is 0 Å². The van der Waals surface area contributed by atoms with Crippen LogP contribution in [0.5, 0.6) is 0 Å². The molecule has 1 saturated carbocycles. The average molecular weight is 224 g/mol. The molecule has 0 bridgehead atoms. The molecule has 1 saturated heterocycles. The highest BCUT2D eigenvalue weighted by molar-refractivity contribution is 4.92.